The molecule has 1 unspecified atom stereocenters. The van der Waals surface area contributed by atoms with E-state index in [1.54, 1.807) is 23.9 Å². The van der Waals surface area contributed by atoms with E-state index in [2.05, 4.69) is 32.0 Å². The summed E-state index contributed by atoms with van der Waals surface area (Å²) in [5.41, 5.74) is 7.09. The Balaban J connectivity index is 0.979. The van der Waals surface area contributed by atoms with Crippen LogP contribution < -0.4 is 19.8 Å². The monoisotopic (exact) mass is 820 g/mol. The second-order valence-electron chi connectivity index (χ2n) is 13.5. The number of nitrogens with one attached hydrogen (secondary N) is 2. The van der Waals surface area contributed by atoms with E-state index in [1.165, 1.54) is 6.07 Å². The summed E-state index contributed by atoms with van der Waals surface area (Å²) in [6, 6.07) is 37.7. The molecule has 3 N–H and O–H groups in total. The molecule has 0 bridgehead atoms. The highest BCUT2D eigenvalue weighted by Crippen LogP contribution is 2.40. The van der Waals surface area contributed by atoms with Crippen LogP contribution in [-0.2, 0) is 18.0 Å². The van der Waals surface area contributed by atoms with E-state index >= 15 is 0 Å². The van der Waals surface area contributed by atoms with Gasteiger partial charge in [0.05, 0.1) is 21.1 Å². The number of nitrogens with zero attached hydrogens (tertiary/aromatic N) is 4. The highest BCUT2D eigenvalue weighted by molar-refractivity contribution is 7.99. The molecule has 292 valence electrons. The van der Waals surface area contributed by atoms with Gasteiger partial charge in [0, 0.05) is 89.8 Å². The summed E-state index contributed by atoms with van der Waals surface area (Å²) in [5, 5.41) is 26.0. The van der Waals surface area contributed by atoms with Crippen LogP contribution in [0.15, 0.2) is 131 Å². The molecule has 1 aromatic heterocycles. The normalized spacial score (nSPS) is 13.3. The Kier molecular flexibility index (Phi) is 12.2. The summed E-state index contributed by atoms with van der Waals surface area (Å²) < 4.78 is 18.2. The lowest BCUT2D eigenvalue weighted by Crippen LogP contribution is -2.46. The zero-order chi connectivity index (χ0) is 40.1. The molecule has 0 radical (unpaired) electrons. The second kappa shape index (κ2) is 17.6. The predicted octanol–water partition coefficient (Wildman–Crippen LogP) is 9.59. The molecule has 5 aromatic carbocycles. The maximum atomic E-state index is 13.3. The molecule has 1 fully saturated rings. The molecule has 2 heterocycles. The first-order valence-corrected chi connectivity index (χ1v) is 20.9. The molecule has 1 aliphatic rings. The van der Waals surface area contributed by atoms with E-state index in [0.717, 1.165) is 65.0 Å². The molecule has 7 rings (SSSR count). The molecule has 11 nitrogen and oxygen atoms in total. The summed E-state index contributed by atoms with van der Waals surface area (Å²) in [6.07, 6.45) is 0. The van der Waals surface area contributed by atoms with Crippen molar-refractivity contribution in [3.8, 4) is 22.4 Å². The fourth-order valence-electron chi connectivity index (χ4n) is 7.08. The molecule has 0 saturated carbocycles. The number of halogens is 1. The molecule has 1 atom stereocenters. The third-order valence-electron chi connectivity index (χ3n) is 10.1. The lowest BCUT2D eigenvalue weighted by atomic mass is 9.96. The van der Waals surface area contributed by atoms with Gasteiger partial charge in [0.15, 0.2) is 11.0 Å². The Morgan fingerprint density at radius 1 is 0.860 bits per heavy atom. The van der Waals surface area contributed by atoms with Crippen LogP contribution in [0.1, 0.15) is 16.1 Å². The maximum absolute atomic E-state index is 13.3. The van der Waals surface area contributed by atoms with Gasteiger partial charge in [-0.3, -0.25) is 10.1 Å². The number of carboxylic acids is 1. The minimum atomic E-state index is -1.72. The topological polar surface area (TPSA) is 133 Å². The quantitative estimate of drug-likeness (QED) is 0.0425. The van der Waals surface area contributed by atoms with Crippen molar-refractivity contribution in [3.63, 3.8) is 0 Å². The van der Waals surface area contributed by atoms with Crippen LogP contribution in [0.3, 0.4) is 0 Å². The number of aromatic nitrogens is 1. The van der Waals surface area contributed by atoms with Gasteiger partial charge in [0.25, 0.3) is 5.69 Å². The van der Waals surface area contributed by atoms with E-state index in [1.807, 2.05) is 110 Å². The number of rotatable bonds is 14. The van der Waals surface area contributed by atoms with Gasteiger partial charge < -0.3 is 29.5 Å². The van der Waals surface area contributed by atoms with Gasteiger partial charge in [-0.25, -0.2) is 9.00 Å². The number of carbonyl (C=O) groups is 1. The molecule has 0 aliphatic carbocycles. The molecule has 57 heavy (non-hydrogen) atoms. The minimum Gasteiger partial charge on any atom is -0.478 e. The van der Waals surface area contributed by atoms with Gasteiger partial charge in [0.2, 0.25) is 0 Å². The first kappa shape index (κ1) is 39.5. The third kappa shape index (κ3) is 8.96. The highest BCUT2D eigenvalue weighted by atomic mass is 35.5. The summed E-state index contributed by atoms with van der Waals surface area (Å²) in [6.45, 7) is 5.40. The number of aromatic carboxylic acids is 1. The number of hydrogen-bond acceptors (Lipinski definition) is 8. The second-order valence-corrected chi connectivity index (χ2v) is 16.3. The maximum Gasteiger partial charge on any atom is 0.338 e. The van der Waals surface area contributed by atoms with Gasteiger partial charge in [0.1, 0.15) is 5.69 Å². The van der Waals surface area contributed by atoms with Crippen molar-refractivity contribution in [1.29, 1.82) is 0 Å². The third-order valence-corrected chi connectivity index (χ3v) is 12.4. The van der Waals surface area contributed by atoms with Gasteiger partial charge in [-0.05, 0) is 90.8 Å². The van der Waals surface area contributed by atoms with Crippen molar-refractivity contribution in [2.45, 2.75) is 16.7 Å². The Labute approximate surface area is 343 Å². The van der Waals surface area contributed by atoms with E-state index in [-0.39, 0.29) is 11.3 Å². The number of benzene rings is 5. The lowest BCUT2D eigenvalue weighted by molar-refractivity contribution is -0.384. The number of carboxylic acid groups (broad SMARTS) is 1. The molecule has 0 amide bonds. The minimum absolute atomic E-state index is 0.128. The summed E-state index contributed by atoms with van der Waals surface area (Å²) in [7, 11) is 0.170. The van der Waals surface area contributed by atoms with Crippen molar-refractivity contribution in [2.75, 3.05) is 58.3 Å². The van der Waals surface area contributed by atoms with Crippen molar-refractivity contribution >= 4 is 68.8 Å². The SMILES string of the molecule is Cc1c(C(=O)O)c(-c2cccc(N3CCN(c4ccc(NS(=O)c5ccc(NCCSc6ccccc6)c([N+](=O)[O-])c5)cc4)CC3)c2)c(-c2ccc(Cl)cc2)n1C. The summed E-state index contributed by atoms with van der Waals surface area (Å²) in [5.74, 6) is -0.241. The van der Waals surface area contributed by atoms with Gasteiger partial charge in [-0.15, -0.1) is 11.8 Å². The van der Waals surface area contributed by atoms with Crippen LogP contribution in [0.5, 0.6) is 0 Å². The number of nitro groups is 1. The Morgan fingerprint density at radius 3 is 2.21 bits per heavy atom. The molecular weight excluding hydrogens is 780 g/mol. The van der Waals surface area contributed by atoms with Crippen LogP contribution in [0.25, 0.3) is 22.4 Å². The number of anilines is 4. The number of piperazine rings is 1. The average Bonchev–Trinajstić information content (AvgIpc) is 3.50. The molecular formula is C43H41ClN6O5S2. The fraction of sp³-hybridized carbons (Fsp3) is 0.186. The summed E-state index contributed by atoms with van der Waals surface area (Å²) in [4.78, 5) is 30.0. The van der Waals surface area contributed by atoms with Crippen molar-refractivity contribution < 1.29 is 19.0 Å². The molecule has 1 aliphatic heterocycles. The lowest BCUT2D eigenvalue weighted by Gasteiger charge is -2.37. The Bertz CT molecular complexity index is 2420. The van der Waals surface area contributed by atoms with Gasteiger partial charge >= 0.3 is 5.97 Å². The van der Waals surface area contributed by atoms with Crippen LogP contribution in [0, 0.1) is 17.0 Å². The van der Waals surface area contributed by atoms with E-state index in [4.69, 9.17) is 11.6 Å². The highest BCUT2D eigenvalue weighted by Gasteiger charge is 2.27. The van der Waals surface area contributed by atoms with E-state index < -0.39 is 21.9 Å². The Morgan fingerprint density at radius 2 is 1.54 bits per heavy atom. The Hall–Kier alpha value is -5.76. The summed E-state index contributed by atoms with van der Waals surface area (Å²) >= 11 is 7.84. The zero-order valence-corrected chi connectivity index (χ0v) is 33.7. The van der Waals surface area contributed by atoms with Crippen LogP contribution in [0.4, 0.5) is 28.4 Å². The predicted molar refractivity (Wildman–Crippen MR) is 233 cm³/mol. The van der Waals surface area contributed by atoms with Crippen LogP contribution >= 0.6 is 23.4 Å². The van der Waals surface area contributed by atoms with Gasteiger partial charge in [-0.1, -0.05) is 54.1 Å². The first-order chi connectivity index (χ1) is 27.6. The number of nitro benzene ring substituents is 1. The van der Waals surface area contributed by atoms with Gasteiger partial charge in [-0.2, -0.15) is 0 Å². The number of hydrogen-bond donors (Lipinski definition) is 3. The van der Waals surface area contributed by atoms with E-state index in [9.17, 15) is 24.2 Å². The van der Waals surface area contributed by atoms with Crippen molar-refractivity contribution in [3.05, 3.63) is 148 Å². The molecule has 1 saturated heterocycles. The van der Waals surface area contributed by atoms with Crippen molar-refractivity contribution in [1.82, 2.24) is 4.57 Å². The van der Waals surface area contributed by atoms with Crippen LogP contribution in [0.2, 0.25) is 5.02 Å². The average molecular weight is 821 g/mol. The fourth-order valence-corrected chi connectivity index (χ4v) is 8.87. The smallest absolute Gasteiger partial charge is 0.338 e. The van der Waals surface area contributed by atoms with Crippen LogP contribution in [-0.4, -0.2) is 63.3 Å². The molecule has 6 aromatic rings. The number of thioether (sulfide) groups is 1. The molecule has 0 spiro atoms. The van der Waals surface area contributed by atoms with E-state index in [0.29, 0.717) is 39.1 Å². The first-order valence-electron chi connectivity index (χ1n) is 18.3. The zero-order valence-electron chi connectivity index (χ0n) is 31.4. The van der Waals surface area contributed by atoms with Crippen molar-refractivity contribution in [2.24, 2.45) is 7.05 Å². The molecule has 14 heteroatoms. The largest absolute Gasteiger partial charge is 0.478 e. The standard InChI is InChI=1S/C43H41ClN6O5S2/c1-29-40(43(51)52)41(42(47(29)2)30-11-13-32(44)14-12-30)31-7-6-8-35(27-31)49-24-22-48(23-25-49)34-17-15-33(16-18-34)46-57(55)37-19-20-38(39(28-37)50(53)54)45-21-26-56-36-9-4-3-5-10-36/h3-20,27-28,45-46H,21-26H2,1-2H3,(H,51,52).